The van der Waals surface area contributed by atoms with Gasteiger partial charge in [-0.15, -0.1) is 0 Å². The maximum atomic E-state index is 11.1. The first-order chi connectivity index (χ1) is 9.63. The van der Waals surface area contributed by atoms with E-state index < -0.39 is 5.97 Å². The minimum Gasteiger partial charge on any atom is -0.478 e. The molecule has 0 spiro atoms. The second-order valence-corrected chi connectivity index (χ2v) is 6.27. The number of hydrogen-bond acceptors (Lipinski definition) is 3. The third-order valence-electron chi connectivity index (χ3n) is 4.64. The Morgan fingerprint density at radius 3 is 2.75 bits per heavy atom. The van der Waals surface area contributed by atoms with Crippen molar-refractivity contribution in [3.63, 3.8) is 0 Å². The Bertz CT molecular complexity index is 521. The lowest BCUT2D eigenvalue weighted by atomic mass is 9.75. The lowest BCUT2D eigenvalue weighted by Gasteiger charge is -2.41. The molecule has 2 heterocycles. The van der Waals surface area contributed by atoms with E-state index in [2.05, 4.69) is 9.88 Å². The molecule has 0 amide bonds. The highest BCUT2D eigenvalue weighted by molar-refractivity contribution is 6.29. The Hall–Kier alpha value is -1.29. The van der Waals surface area contributed by atoms with E-state index in [9.17, 15) is 4.79 Å². The number of anilines is 1. The smallest absolute Gasteiger partial charge is 0.335 e. The minimum atomic E-state index is -0.955. The summed E-state index contributed by atoms with van der Waals surface area (Å²) in [5, 5.41) is 9.37. The maximum absolute atomic E-state index is 11.1. The molecule has 108 valence electrons. The van der Waals surface area contributed by atoms with Crippen molar-refractivity contribution in [2.75, 3.05) is 18.0 Å². The van der Waals surface area contributed by atoms with Crippen LogP contribution in [-0.4, -0.2) is 29.1 Å². The lowest BCUT2D eigenvalue weighted by Crippen LogP contribution is -2.42. The van der Waals surface area contributed by atoms with Gasteiger partial charge in [-0.05, 0) is 36.8 Å². The predicted octanol–water partition coefficient (Wildman–Crippen LogP) is 3.45. The van der Waals surface area contributed by atoms with E-state index in [0.29, 0.717) is 5.82 Å². The van der Waals surface area contributed by atoms with Gasteiger partial charge >= 0.3 is 5.97 Å². The van der Waals surface area contributed by atoms with Crippen molar-refractivity contribution in [3.8, 4) is 0 Å². The zero-order valence-corrected chi connectivity index (χ0v) is 12.1. The number of rotatable bonds is 2. The first-order valence-corrected chi connectivity index (χ1v) is 7.67. The highest BCUT2D eigenvalue weighted by Crippen LogP contribution is 2.37. The fraction of sp³-hybridized carbons (Fsp3) is 0.600. The summed E-state index contributed by atoms with van der Waals surface area (Å²) < 4.78 is 0. The lowest BCUT2D eigenvalue weighted by molar-refractivity contribution is 0.0696. The normalized spacial score (nSPS) is 26.1. The highest BCUT2D eigenvalue weighted by atomic mass is 35.5. The molecular weight excluding hydrogens is 276 g/mol. The summed E-state index contributed by atoms with van der Waals surface area (Å²) in [6.07, 6.45) is 6.49. The SMILES string of the molecule is O=C(O)c1cc(Cl)nc(N2CCC3CCCCC3C2)c1. The monoisotopic (exact) mass is 294 g/mol. The summed E-state index contributed by atoms with van der Waals surface area (Å²) in [5.74, 6) is 1.33. The molecule has 0 radical (unpaired) electrons. The molecule has 3 rings (SSSR count). The Morgan fingerprint density at radius 2 is 2.00 bits per heavy atom. The number of aromatic carboxylic acids is 1. The molecule has 5 heteroatoms. The van der Waals surface area contributed by atoms with Gasteiger partial charge in [0, 0.05) is 13.1 Å². The highest BCUT2D eigenvalue weighted by Gasteiger charge is 2.31. The summed E-state index contributed by atoms with van der Waals surface area (Å²) in [4.78, 5) is 17.6. The van der Waals surface area contributed by atoms with E-state index >= 15 is 0 Å². The van der Waals surface area contributed by atoms with E-state index in [-0.39, 0.29) is 10.7 Å². The fourth-order valence-corrected chi connectivity index (χ4v) is 3.78. The number of carbonyl (C=O) groups is 1. The van der Waals surface area contributed by atoms with Gasteiger partial charge < -0.3 is 10.0 Å². The Kier molecular flexibility index (Phi) is 3.83. The Labute approximate surface area is 123 Å². The number of hydrogen-bond donors (Lipinski definition) is 1. The number of fused-ring (bicyclic) bond motifs is 1. The maximum Gasteiger partial charge on any atom is 0.335 e. The summed E-state index contributed by atoms with van der Waals surface area (Å²) in [6, 6.07) is 3.04. The van der Waals surface area contributed by atoms with Crippen molar-refractivity contribution in [2.24, 2.45) is 11.8 Å². The van der Waals surface area contributed by atoms with E-state index in [1.807, 2.05) is 0 Å². The molecule has 4 nitrogen and oxygen atoms in total. The largest absolute Gasteiger partial charge is 0.478 e. The molecule has 1 saturated heterocycles. The molecule has 1 N–H and O–H groups in total. The van der Waals surface area contributed by atoms with Crippen molar-refractivity contribution in [3.05, 3.63) is 22.8 Å². The molecule has 1 aliphatic carbocycles. The molecule has 20 heavy (non-hydrogen) atoms. The van der Waals surface area contributed by atoms with Crippen LogP contribution in [-0.2, 0) is 0 Å². The third-order valence-corrected chi connectivity index (χ3v) is 4.84. The Morgan fingerprint density at radius 1 is 1.25 bits per heavy atom. The van der Waals surface area contributed by atoms with Crippen LogP contribution >= 0.6 is 11.6 Å². The van der Waals surface area contributed by atoms with Gasteiger partial charge in [0.05, 0.1) is 5.56 Å². The van der Waals surface area contributed by atoms with Gasteiger partial charge in [-0.2, -0.15) is 0 Å². The van der Waals surface area contributed by atoms with Gasteiger partial charge in [0.1, 0.15) is 11.0 Å². The van der Waals surface area contributed by atoms with Crippen LogP contribution in [0.15, 0.2) is 12.1 Å². The number of pyridine rings is 1. The number of carboxylic acids is 1. The van der Waals surface area contributed by atoms with Gasteiger partial charge in [-0.25, -0.2) is 9.78 Å². The van der Waals surface area contributed by atoms with E-state index in [1.54, 1.807) is 6.07 Å². The van der Waals surface area contributed by atoms with Gasteiger partial charge in [-0.1, -0.05) is 30.9 Å². The van der Waals surface area contributed by atoms with Crippen molar-refractivity contribution >= 4 is 23.4 Å². The summed E-state index contributed by atoms with van der Waals surface area (Å²) in [6.45, 7) is 1.94. The molecule has 1 aromatic rings. The summed E-state index contributed by atoms with van der Waals surface area (Å²) >= 11 is 5.95. The zero-order valence-electron chi connectivity index (χ0n) is 11.4. The van der Waals surface area contributed by atoms with Crippen molar-refractivity contribution in [1.82, 2.24) is 4.98 Å². The molecule has 2 fully saturated rings. The van der Waals surface area contributed by atoms with Crippen molar-refractivity contribution in [2.45, 2.75) is 32.1 Å². The molecule has 1 aliphatic heterocycles. The van der Waals surface area contributed by atoms with E-state index in [4.69, 9.17) is 16.7 Å². The molecular formula is C15H19ClN2O2. The topological polar surface area (TPSA) is 53.4 Å². The number of carboxylic acid groups (broad SMARTS) is 1. The van der Waals surface area contributed by atoms with Crippen LogP contribution in [0.3, 0.4) is 0 Å². The first-order valence-electron chi connectivity index (χ1n) is 7.29. The zero-order chi connectivity index (χ0) is 14.1. The number of aromatic nitrogens is 1. The van der Waals surface area contributed by atoms with Crippen LogP contribution in [0.4, 0.5) is 5.82 Å². The molecule has 2 aliphatic rings. The molecule has 1 aromatic heterocycles. The van der Waals surface area contributed by atoms with Crippen molar-refractivity contribution < 1.29 is 9.90 Å². The van der Waals surface area contributed by atoms with Crippen LogP contribution in [0.25, 0.3) is 0 Å². The average molecular weight is 295 g/mol. The average Bonchev–Trinajstić information content (AvgIpc) is 2.46. The number of nitrogens with zero attached hydrogens (tertiary/aromatic N) is 2. The van der Waals surface area contributed by atoms with Crippen LogP contribution in [0.2, 0.25) is 5.15 Å². The molecule has 0 bridgehead atoms. The Balaban J connectivity index is 1.80. The van der Waals surface area contributed by atoms with Gasteiger partial charge in [0.2, 0.25) is 0 Å². The van der Waals surface area contributed by atoms with Gasteiger partial charge in [-0.3, -0.25) is 0 Å². The molecule has 1 saturated carbocycles. The van der Waals surface area contributed by atoms with Crippen LogP contribution in [0, 0.1) is 11.8 Å². The minimum absolute atomic E-state index is 0.214. The molecule has 2 unspecified atom stereocenters. The summed E-state index contributed by atoms with van der Waals surface area (Å²) in [5.41, 5.74) is 0.214. The quantitative estimate of drug-likeness (QED) is 0.849. The third kappa shape index (κ3) is 2.75. The molecule has 2 atom stereocenters. The van der Waals surface area contributed by atoms with Gasteiger partial charge in [0.25, 0.3) is 0 Å². The van der Waals surface area contributed by atoms with Gasteiger partial charge in [0.15, 0.2) is 0 Å². The number of piperidine rings is 1. The predicted molar refractivity (Wildman–Crippen MR) is 78.5 cm³/mol. The molecule has 0 aromatic carbocycles. The van der Waals surface area contributed by atoms with Crippen molar-refractivity contribution in [1.29, 1.82) is 0 Å². The van der Waals surface area contributed by atoms with Crippen LogP contribution in [0.1, 0.15) is 42.5 Å². The second kappa shape index (κ2) is 5.60. The number of halogens is 1. The summed E-state index contributed by atoms with van der Waals surface area (Å²) in [7, 11) is 0. The second-order valence-electron chi connectivity index (χ2n) is 5.88. The van der Waals surface area contributed by atoms with Crippen LogP contribution in [0.5, 0.6) is 0 Å². The first kappa shape index (κ1) is 13.7. The standard InChI is InChI=1S/C15H19ClN2O2/c16-13-7-12(15(19)20)8-14(17-13)18-6-5-10-3-1-2-4-11(10)9-18/h7-8,10-11H,1-6,9H2,(H,19,20). The van der Waals surface area contributed by atoms with Crippen LogP contribution < -0.4 is 4.90 Å². The fourth-order valence-electron chi connectivity index (χ4n) is 3.58. The van der Waals surface area contributed by atoms with E-state index in [1.165, 1.54) is 38.2 Å². The van der Waals surface area contributed by atoms with E-state index in [0.717, 1.165) is 24.9 Å².